The van der Waals surface area contributed by atoms with Gasteiger partial charge in [-0.2, -0.15) is 0 Å². The number of carbonyl (C=O) groups excluding carboxylic acids is 2. The molecule has 0 bridgehead atoms. The van der Waals surface area contributed by atoms with E-state index in [9.17, 15) is 9.59 Å². The summed E-state index contributed by atoms with van der Waals surface area (Å²) in [6.07, 6.45) is -2.14. The Morgan fingerprint density at radius 3 is 0.762 bits per heavy atom. The molecule has 0 aromatic heterocycles. The Labute approximate surface area is 374 Å². The van der Waals surface area contributed by atoms with Crippen LogP contribution in [-0.4, -0.2) is 104 Å². The molecule has 0 spiro atoms. The van der Waals surface area contributed by atoms with Crippen LogP contribution in [0.1, 0.15) is 108 Å². The zero-order chi connectivity index (χ0) is 47.3. The lowest BCUT2D eigenvalue weighted by Crippen LogP contribution is -2.28. The summed E-state index contributed by atoms with van der Waals surface area (Å²) in [5.41, 5.74) is -0.663. The molecule has 2 aromatic rings. The third-order valence-corrected chi connectivity index (χ3v) is 8.87. The Hall–Kier alpha value is -4.90. The average molecular weight is 893 g/mol. The molecular formula is C47H72O16. The minimum Gasteiger partial charge on any atom is -0.489 e. The molecule has 0 radical (unpaired) electrons. The Kier molecular flexibility index (Phi) is 23.5. The highest BCUT2D eigenvalue weighted by Crippen LogP contribution is 2.64. The van der Waals surface area contributed by atoms with Gasteiger partial charge in [0.25, 0.3) is 0 Å². The molecule has 0 aliphatic heterocycles. The van der Waals surface area contributed by atoms with Gasteiger partial charge in [-0.3, -0.25) is 0 Å². The molecule has 2 rings (SSSR count). The van der Waals surface area contributed by atoms with E-state index in [0.29, 0.717) is 11.1 Å². The third kappa shape index (κ3) is 13.1. The van der Waals surface area contributed by atoms with Crippen molar-refractivity contribution in [2.24, 2.45) is 0 Å². The van der Waals surface area contributed by atoms with Crippen molar-refractivity contribution >= 4 is 11.9 Å². The second-order valence-corrected chi connectivity index (χ2v) is 13.4. The van der Waals surface area contributed by atoms with Crippen LogP contribution >= 0.6 is 0 Å². The van der Waals surface area contributed by atoms with Crippen molar-refractivity contribution in [2.45, 2.75) is 115 Å². The van der Waals surface area contributed by atoms with Gasteiger partial charge in [0.2, 0.25) is 34.5 Å². The average Bonchev–Trinajstić information content (AvgIpc) is 3.25. The summed E-state index contributed by atoms with van der Waals surface area (Å²) >= 11 is 0. The van der Waals surface area contributed by atoms with Gasteiger partial charge in [0.05, 0.1) is 75.1 Å². The van der Waals surface area contributed by atoms with Gasteiger partial charge < -0.3 is 66.3 Å². The molecule has 0 unspecified atom stereocenters. The van der Waals surface area contributed by atoms with Crippen molar-refractivity contribution in [3.05, 3.63) is 35.4 Å². The summed E-state index contributed by atoms with van der Waals surface area (Å²) in [5, 5.41) is 0. The second-order valence-electron chi connectivity index (χ2n) is 13.4. The fraction of sp³-hybridized carbons (Fsp3) is 0.617. The van der Waals surface area contributed by atoms with E-state index in [2.05, 4.69) is 13.2 Å². The van der Waals surface area contributed by atoms with Crippen LogP contribution in [0.3, 0.4) is 0 Å². The molecule has 0 saturated heterocycles. The molecule has 0 atom stereocenters. The number of hydrogen-bond donors (Lipinski definition) is 0. The van der Waals surface area contributed by atoms with Crippen LogP contribution < -0.4 is 47.4 Å². The fourth-order valence-corrected chi connectivity index (χ4v) is 6.57. The highest BCUT2D eigenvalue weighted by molar-refractivity contribution is 5.93. The van der Waals surface area contributed by atoms with E-state index < -0.39 is 29.9 Å². The highest BCUT2D eigenvalue weighted by atomic mass is 16.7. The largest absolute Gasteiger partial charge is 0.489 e. The van der Waals surface area contributed by atoms with E-state index in [0.717, 1.165) is 0 Å². The summed E-state index contributed by atoms with van der Waals surface area (Å²) in [4.78, 5) is 27.9. The topological polar surface area (TPSA) is 163 Å². The maximum atomic E-state index is 14.0. The lowest BCUT2D eigenvalue weighted by Gasteiger charge is -2.36. The van der Waals surface area contributed by atoms with Crippen LogP contribution in [0.4, 0.5) is 0 Å². The highest BCUT2D eigenvalue weighted by Gasteiger charge is 2.46. The lowest BCUT2D eigenvalue weighted by atomic mass is 9.75. The van der Waals surface area contributed by atoms with Crippen molar-refractivity contribution in [3.8, 4) is 57.5 Å². The quantitative estimate of drug-likeness (QED) is 0.0296. The minimum atomic E-state index is -1.29. The van der Waals surface area contributed by atoms with E-state index in [1.807, 2.05) is 41.5 Å². The molecule has 0 amide bonds. The van der Waals surface area contributed by atoms with E-state index in [-0.39, 0.29) is 148 Å². The summed E-state index contributed by atoms with van der Waals surface area (Å²) in [6, 6.07) is 0. The number of benzene rings is 2. The minimum absolute atomic E-state index is 0.0491. The second kappa shape index (κ2) is 27.3. The Bertz CT molecular complexity index is 1590. The SMILES string of the molecule is C=C(C(=O)Oc1c(OCC)c(OCC)c(C(C)(C)c2c(OCC)c(OCC)c(OC(=O)C(=C)C(OCC)OCC)c(OCC)c2OCC)c(OCC)c1OCC)C(OCC)OCC. The Morgan fingerprint density at radius 1 is 0.365 bits per heavy atom. The number of esters is 2. The van der Waals surface area contributed by atoms with Crippen LogP contribution in [0.5, 0.6) is 57.5 Å². The van der Waals surface area contributed by atoms with E-state index in [1.54, 1.807) is 55.4 Å². The van der Waals surface area contributed by atoms with E-state index >= 15 is 0 Å². The van der Waals surface area contributed by atoms with Crippen molar-refractivity contribution < 1.29 is 75.9 Å². The first-order chi connectivity index (χ1) is 30.2. The van der Waals surface area contributed by atoms with Crippen LogP contribution in [0.2, 0.25) is 0 Å². The first kappa shape index (κ1) is 54.2. The Balaban J connectivity index is 3.36. The summed E-state index contributed by atoms with van der Waals surface area (Å²) in [7, 11) is 0. The molecule has 16 nitrogen and oxygen atoms in total. The fourth-order valence-electron chi connectivity index (χ4n) is 6.57. The van der Waals surface area contributed by atoms with Crippen molar-refractivity contribution in [2.75, 3.05) is 79.3 Å². The van der Waals surface area contributed by atoms with E-state index in [1.165, 1.54) is 0 Å². The van der Waals surface area contributed by atoms with Crippen LogP contribution in [0.15, 0.2) is 24.3 Å². The maximum absolute atomic E-state index is 14.0. The van der Waals surface area contributed by atoms with Gasteiger partial charge in [0.1, 0.15) is 0 Å². The van der Waals surface area contributed by atoms with Gasteiger partial charge in [0.15, 0.2) is 35.6 Å². The number of carbonyl (C=O) groups is 2. The van der Waals surface area contributed by atoms with Crippen molar-refractivity contribution in [1.82, 2.24) is 0 Å². The summed E-state index contributed by atoms with van der Waals surface area (Å²) < 4.78 is 86.3. The monoisotopic (exact) mass is 892 g/mol. The van der Waals surface area contributed by atoms with Gasteiger partial charge in [-0.05, 0) is 83.1 Å². The van der Waals surface area contributed by atoms with Crippen LogP contribution in [0, 0.1) is 0 Å². The lowest BCUT2D eigenvalue weighted by molar-refractivity contribution is -0.144. The zero-order valence-corrected chi connectivity index (χ0v) is 40.1. The number of rotatable bonds is 32. The molecule has 356 valence electrons. The van der Waals surface area contributed by atoms with Crippen molar-refractivity contribution in [1.29, 1.82) is 0 Å². The number of hydrogen-bond acceptors (Lipinski definition) is 16. The molecule has 0 aliphatic carbocycles. The molecular weight excluding hydrogens is 821 g/mol. The molecule has 0 heterocycles. The van der Waals surface area contributed by atoms with Gasteiger partial charge in [0, 0.05) is 31.8 Å². The van der Waals surface area contributed by atoms with Gasteiger partial charge in [-0.15, -0.1) is 0 Å². The van der Waals surface area contributed by atoms with E-state index in [4.69, 9.17) is 66.3 Å². The predicted octanol–water partition coefficient (Wildman–Crippen LogP) is 8.92. The summed E-state index contributed by atoms with van der Waals surface area (Å²) in [6.45, 7) is 35.2. The molecule has 2 aromatic carbocycles. The predicted molar refractivity (Wildman–Crippen MR) is 238 cm³/mol. The number of ether oxygens (including phenoxy) is 14. The Morgan fingerprint density at radius 2 is 0.571 bits per heavy atom. The molecule has 0 aliphatic rings. The summed E-state index contributed by atoms with van der Waals surface area (Å²) in [5.74, 6) is -1.07. The maximum Gasteiger partial charge on any atom is 0.344 e. The van der Waals surface area contributed by atoms with Gasteiger partial charge in [-0.1, -0.05) is 27.0 Å². The van der Waals surface area contributed by atoms with Gasteiger partial charge in [-0.25, -0.2) is 9.59 Å². The molecule has 0 N–H and O–H groups in total. The normalized spacial score (nSPS) is 11.3. The zero-order valence-electron chi connectivity index (χ0n) is 40.1. The molecule has 0 fully saturated rings. The third-order valence-electron chi connectivity index (χ3n) is 8.87. The smallest absolute Gasteiger partial charge is 0.344 e. The van der Waals surface area contributed by atoms with Crippen LogP contribution in [0.25, 0.3) is 0 Å². The first-order valence-corrected chi connectivity index (χ1v) is 22.0. The first-order valence-electron chi connectivity index (χ1n) is 22.0. The van der Waals surface area contributed by atoms with Crippen molar-refractivity contribution in [3.63, 3.8) is 0 Å². The van der Waals surface area contributed by atoms with Crippen LogP contribution in [-0.2, 0) is 34.0 Å². The molecule has 16 heteroatoms. The standard InChI is InChI=1S/C47H72O16/c1-17-50-33-31(34(51-18-2)38(55-22-6)41(37(33)54-21-5)62-43(48)29(13)45(58-25-9)59-26-10)47(15,16)32-35(52-19-3)39(56-23-7)42(40(57-24-8)36(32)53-20-4)63-44(49)30(14)46(60-27-11)61-28-12/h45-46H,13-14,17-28H2,1-12,15-16H3. The molecule has 63 heavy (non-hydrogen) atoms. The van der Waals surface area contributed by atoms with Gasteiger partial charge >= 0.3 is 11.9 Å². The molecule has 0 saturated carbocycles.